The summed E-state index contributed by atoms with van der Waals surface area (Å²) < 4.78 is 0. The third-order valence-corrected chi connectivity index (χ3v) is 2.31. The summed E-state index contributed by atoms with van der Waals surface area (Å²) in [5, 5.41) is 0. The van der Waals surface area contributed by atoms with Crippen molar-refractivity contribution in [1.29, 1.82) is 0 Å². The highest BCUT2D eigenvalue weighted by atomic mass is 14.5. The summed E-state index contributed by atoms with van der Waals surface area (Å²) in [6.07, 6.45) is 12.5. The average molecular weight is 201 g/mol. The average Bonchev–Trinajstić information content (AvgIpc) is 2.25. The van der Waals surface area contributed by atoms with Crippen LogP contribution >= 0.6 is 0 Å². The SMILES string of the molecule is CC.CCCCCCCCCCCN. The zero-order valence-electron chi connectivity index (χ0n) is 10.6. The Kier molecular flexibility index (Phi) is 21.9. The van der Waals surface area contributed by atoms with Crippen molar-refractivity contribution in [2.45, 2.75) is 78.6 Å². The molecule has 1 nitrogen and oxygen atoms in total. The van der Waals surface area contributed by atoms with Crippen LogP contribution in [-0.2, 0) is 0 Å². The van der Waals surface area contributed by atoms with Gasteiger partial charge in [0.25, 0.3) is 0 Å². The molecule has 0 spiro atoms. The van der Waals surface area contributed by atoms with Gasteiger partial charge < -0.3 is 5.73 Å². The number of rotatable bonds is 9. The Morgan fingerprint density at radius 3 is 1.36 bits per heavy atom. The summed E-state index contributed by atoms with van der Waals surface area (Å²) in [7, 11) is 0. The van der Waals surface area contributed by atoms with Gasteiger partial charge in [-0.3, -0.25) is 0 Å². The standard InChI is InChI=1S/C11H25N.C2H6/c1-2-3-4-5-6-7-8-9-10-11-12;1-2/h2-12H2,1H3;1-2H3. The molecule has 0 rings (SSSR count). The monoisotopic (exact) mass is 201 g/mol. The van der Waals surface area contributed by atoms with Gasteiger partial charge in [-0.15, -0.1) is 0 Å². The van der Waals surface area contributed by atoms with E-state index in [4.69, 9.17) is 5.73 Å². The molecule has 0 radical (unpaired) electrons. The normalized spacial score (nSPS) is 9.43. The fourth-order valence-electron chi connectivity index (χ4n) is 1.45. The van der Waals surface area contributed by atoms with Crippen molar-refractivity contribution in [1.82, 2.24) is 0 Å². The molecule has 0 aliphatic rings. The molecule has 0 aromatic heterocycles. The molecule has 0 aliphatic heterocycles. The van der Waals surface area contributed by atoms with E-state index in [9.17, 15) is 0 Å². The molecule has 0 saturated carbocycles. The molecule has 0 bridgehead atoms. The van der Waals surface area contributed by atoms with E-state index in [1.54, 1.807) is 0 Å². The molecule has 0 atom stereocenters. The summed E-state index contributed by atoms with van der Waals surface area (Å²) >= 11 is 0. The third-order valence-electron chi connectivity index (χ3n) is 2.31. The highest BCUT2D eigenvalue weighted by molar-refractivity contribution is 4.46. The van der Waals surface area contributed by atoms with E-state index >= 15 is 0 Å². The van der Waals surface area contributed by atoms with Gasteiger partial charge in [-0.1, -0.05) is 72.1 Å². The quantitative estimate of drug-likeness (QED) is 0.546. The van der Waals surface area contributed by atoms with Gasteiger partial charge in [0.1, 0.15) is 0 Å². The largest absolute Gasteiger partial charge is 0.330 e. The maximum absolute atomic E-state index is 5.41. The van der Waals surface area contributed by atoms with Crippen LogP contribution in [0.15, 0.2) is 0 Å². The molecule has 0 unspecified atom stereocenters. The van der Waals surface area contributed by atoms with Gasteiger partial charge in [-0.2, -0.15) is 0 Å². The van der Waals surface area contributed by atoms with Crippen LogP contribution in [0.4, 0.5) is 0 Å². The predicted molar refractivity (Wildman–Crippen MR) is 67.6 cm³/mol. The Bertz CT molecular complexity index is 61.6. The molecular weight excluding hydrogens is 170 g/mol. The van der Waals surface area contributed by atoms with Gasteiger partial charge in [-0.05, 0) is 13.0 Å². The lowest BCUT2D eigenvalue weighted by molar-refractivity contribution is 0.567. The second-order valence-electron chi connectivity index (χ2n) is 3.62. The minimum atomic E-state index is 0.871. The van der Waals surface area contributed by atoms with Crippen molar-refractivity contribution in [3.63, 3.8) is 0 Å². The van der Waals surface area contributed by atoms with Crippen LogP contribution in [0, 0.1) is 0 Å². The topological polar surface area (TPSA) is 26.0 Å². The molecule has 0 aromatic rings. The van der Waals surface area contributed by atoms with Crippen LogP contribution in [-0.4, -0.2) is 6.54 Å². The third kappa shape index (κ3) is 17.9. The first-order chi connectivity index (χ1) is 6.91. The Morgan fingerprint density at radius 2 is 1.00 bits per heavy atom. The minimum absolute atomic E-state index is 0.871. The first-order valence-electron chi connectivity index (χ1n) is 6.62. The zero-order valence-corrected chi connectivity index (χ0v) is 10.6. The number of hydrogen-bond donors (Lipinski definition) is 1. The summed E-state index contributed by atoms with van der Waals surface area (Å²) in [6.45, 7) is 7.14. The maximum Gasteiger partial charge on any atom is -0.00773 e. The van der Waals surface area contributed by atoms with Crippen LogP contribution < -0.4 is 5.73 Å². The van der Waals surface area contributed by atoms with Crippen molar-refractivity contribution in [2.75, 3.05) is 6.54 Å². The van der Waals surface area contributed by atoms with E-state index in [0.717, 1.165) is 6.54 Å². The fourth-order valence-corrected chi connectivity index (χ4v) is 1.45. The highest BCUT2D eigenvalue weighted by Gasteiger charge is 1.90. The van der Waals surface area contributed by atoms with E-state index in [1.165, 1.54) is 57.8 Å². The van der Waals surface area contributed by atoms with Gasteiger partial charge in [0.05, 0.1) is 0 Å². The maximum atomic E-state index is 5.41. The van der Waals surface area contributed by atoms with Gasteiger partial charge in [0, 0.05) is 0 Å². The molecule has 0 aromatic carbocycles. The summed E-state index contributed by atoms with van der Waals surface area (Å²) in [5.41, 5.74) is 5.41. The van der Waals surface area contributed by atoms with E-state index in [-0.39, 0.29) is 0 Å². The second-order valence-corrected chi connectivity index (χ2v) is 3.62. The Hall–Kier alpha value is -0.0400. The first-order valence-corrected chi connectivity index (χ1v) is 6.62. The highest BCUT2D eigenvalue weighted by Crippen LogP contribution is 2.08. The smallest absolute Gasteiger partial charge is 0.00773 e. The fraction of sp³-hybridized carbons (Fsp3) is 1.00. The van der Waals surface area contributed by atoms with Crippen molar-refractivity contribution < 1.29 is 0 Å². The van der Waals surface area contributed by atoms with Crippen molar-refractivity contribution in [3.05, 3.63) is 0 Å². The van der Waals surface area contributed by atoms with Gasteiger partial charge >= 0.3 is 0 Å². The Morgan fingerprint density at radius 1 is 0.643 bits per heavy atom. The molecular formula is C13H31N. The number of nitrogens with two attached hydrogens (primary N) is 1. The summed E-state index contributed by atoms with van der Waals surface area (Å²) in [6, 6.07) is 0. The van der Waals surface area contributed by atoms with Crippen LogP contribution in [0.5, 0.6) is 0 Å². The summed E-state index contributed by atoms with van der Waals surface area (Å²) in [4.78, 5) is 0. The molecule has 14 heavy (non-hydrogen) atoms. The summed E-state index contributed by atoms with van der Waals surface area (Å²) in [5.74, 6) is 0. The minimum Gasteiger partial charge on any atom is -0.330 e. The number of unbranched alkanes of at least 4 members (excludes halogenated alkanes) is 8. The lowest BCUT2D eigenvalue weighted by Crippen LogP contribution is -1.97. The lowest BCUT2D eigenvalue weighted by atomic mass is 10.1. The molecule has 88 valence electrons. The van der Waals surface area contributed by atoms with E-state index in [0.29, 0.717) is 0 Å². The lowest BCUT2D eigenvalue weighted by Gasteiger charge is -1.99. The van der Waals surface area contributed by atoms with Crippen LogP contribution in [0.2, 0.25) is 0 Å². The molecule has 2 N–H and O–H groups in total. The first kappa shape index (κ1) is 16.4. The van der Waals surface area contributed by atoms with Crippen LogP contribution in [0.1, 0.15) is 78.6 Å². The van der Waals surface area contributed by atoms with Crippen LogP contribution in [0.3, 0.4) is 0 Å². The van der Waals surface area contributed by atoms with Gasteiger partial charge in [0.2, 0.25) is 0 Å². The Balaban J connectivity index is 0. The second kappa shape index (κ2) is 18.7. The van der Waals surface area contributed by atoms with Crippen molar-refractivity contribution >= 4 is 0 Å². The molecule has 0 heterocycles. The Labute approximate surface area is 91.5 Å². The van der Waals surface area contributed by atoms with Gasteiger partial charge in [0.15, 0.2) is 0 Å². The molecule has 0 amide bonds. The van der Waals surface area contributed by atoms with Crippen molar-refractivity contribution in [3.8, 4) is 0 Å². The van der Waals surface area contributed by atoms with Crippen LogP contribution in [0.25, 0.3) is 0 Å². The zero-order chi connectivity index (χ0) is 11.1. The van der Waals surface area contributed by atoms with Gasteiger partial charge in [-0.25, -0.2) is 0 Å². The number of hydrogen-bond acceptors (Lipinski definition) is 1. The van der Waals surface area contributed by atoms with E-state index in [1.807, 2.05) is 13.8 Å². The molecule has 0 aliphatic carbocycles. The predicted octanol–water partition coefficient (Wildman–Crippen LogP) is 4.50. The molecule has 1 heteroatoms. The molecule has 0 saturated heterocycles. The van der Waals surface area contributed by atoms with E-state index < -0.39 is 0 Å². The molecule has 0 fully saturated rings. The van der Waals surface area contributed by atoms with E-state index in [2.05, 4.69) is 6.92 Å². The van der Waals surface area contributed by atoms with Crippen molar-refractivity contribution in [2.24, 2.45) is 5.73 Å².